The van der Waals surface area contributed by atoms with Gasteiger partial charge in [-0.25, -0.2) is 0 Å². The SMILES string of the molecule is CC(C)(C)CC(C)(C)N(CSc1ccc2ccccc2c1)CSc1ccc2ccccc2c1. The van der Waals surface area contributed by atoms with Crippen LogP contribution in [-0.4, -0.2) is 22.2 Å². The highest BCUT2D eigenvalue weighted by Gasteiger charge is 2.31. The minimum absolute atomic E-state index is 0.103. The summed E-state index contributed by atoms with van der Waals surface area (Å²) in [5, 5.41) is 5.24. The first-order valence-electron chi connectivity index (χ1n) is 11.7. The van der Waals surface area contributed by atoms with Crippen molar-refractivity contribution >= 4 is 45.1 Å². The largest absolute Gasteiger partial charge is 0.279 e. The lowest BCUT2D eigenvalue weighted by Gasteiger charge is -2.42. The maximum absolute atomic E-state index is 2.65. The van der Waals surface area contributed by atoms with Crippen molar-refractivity contribution in [3.8, 4) is 0 Å². The molecule has 0 radical (unpaired) electrons. The molecule has 0 spiro atoms. The number of rotatable bonds is 8. The molecule has 4 aromatic rings. The lowest BCUT2D eigenvalue weighted by atomic mass is 9.81. The fourth-order valence-electron chi connectivity index (χ4n) is 4.62. The van der Waals surface area contributed by atoms with Gasteiger partial charge in [-0.1, -0.05) is 81.4 Å². The molecule has 0 unspecified atom stereocenters. The van der Waals surface area contributed by atoms with Crippen molar-refractivity contribution in [2.75, 3.05) is 11.8 Å². The van der Waals surface area contributed by atoms with Crippen LogP contribution < -0.4 is 0 Å². The summed E-state index contributed by atoms with van der Waals surface area (Å²) in [6.07, 6.45) is 1.15. The average Bonchev–Trinajstić information content (AvgIpc) is 2.77. The summed E-state index contributed by atoms with van der Waals surface area (Å²) < 4.78 is 0. The van der Waals surface area contributed by atoms with Gasteiger partial charge in [0.15, 0.2) is 0 Å². The first-order chi connectivity index (χ1) is 15.7. The molecule has 0 aliphatic rings. The summed E-state index contributed by atoms with van der Waals surface area (Å²) in [5.74, 6) is 1.95. The van der Waals surface area contributed by atoms with Gasteiger partial charge in [-0.05, 0) is 71.5 Å². The number of fused-ring (bicyclic) bond motifs is 2. The topological polar surface area (TPSA) is 3.24 Å². The van der Waals surface area contributed by atoms with E-state index in [2.05, 4.69) is 124 Å². The van der Waals surface area contributed by atoms with Gasteiger partial charge in [-0.3, -0.25) is 4.90 Å². The Morgan fingerprint density at radius 1 is 0.576 bits per heavy atom. The zero-order valence-electron chi connectivity index (χ0n) is 20.5. The quantitative estimate of drug-likeness (QED) is 0.185. The summed E-state index contributed by atoms with van der Waals surface area (Å²) in [5.41, 5.74) is 0.384. The highest BCUT2D eigenvalue weighted by Crippen LogP contribution is 2.36. The number of hydrogen-bond donors (Lipinski definition) is 0. The molecular formula is C30H35NS2. The second-order valence-corrected chi connectivity index (χ2v) is 12.7. The lowest BCUT2D eigenvalue weighted by molar-refractivity contribution is 0.117. The van der Waals surface area contributed by atoms with Crippen molar-refractivity contribution in [3.63, 3.8) is 0 Å². The van der Waals surface area contributed by atoms with Gasteiger partial charge in [0, 0.05) is 15.3 Å². The van der Waals surface area contributed by atoms with Crippen molar-refractivity contribution in [2.24, 2.45) is 5.41 Å². The van der Waals surface area contributed by atoms with Gasteiger partial charge in [-0.15, -0.1) is 23.5 Å². The maximum atomic E-state index is 2.65. The van der Waals surface area contributed by atoms with Gasteiger partial charge < -0.3 is 0 Å². The first kappa shape index (κ1) is 24.2. The molecule has 3 heteroatoms. The highest BCUT2D eigenvalue weighted by molar-refractivity contribution is 8.00. The Morgan fingerprint density at radius 3 is 1.42 bits per heavy atom. The van der Waals surface area contributed by atoms with Gasteiger partial charge in [0.2, 0.25) is 0 Å². The zero-order chi connectivity index (χ0) is 23.5. The molecular weight excluding hydrogens is 438 g/mol. The Balaban J connectivity index is 1.51. The van der Waals surface area contributed by atoms with E-state index < -0.39 is 0 Å². The van der Waals surface area contributed by atoms with Crippen LogP contribution in [0.1, 0.15) is 41.0 Å². The molecule has 4 aromatic carbocycles. The second kappa shape index (κ2) is 10.1. The molecule has 1 nitrogen and oxygen atoms in total. The second-order valence-electron chi connectivity index (χ2n) is 10.7. The molecule has 0 aliphatic heterocycles. The number of hydrogen-bond acceptors (Lipinski definition) is 3. The van der Waals surface area contributed by atoms with E-state index in [1.807, 2.05) is 23.5 Å². The third-order valence-electron chi connectivity index (χ3n) is 6.03. The Kier molecular flexibility index (Phi) is 7.43. The van der Waals surface area contributed by atoms with E-state index in [1.54, 1.807) is 0 Å². The van der Waals surface area contributed by atoms with E-state index >= 15 is 0 Å². The van der Waals surface area contributed by atoms with E-state index in [1.165, 1.54) is 31.3 Å². The fraction of sp³-hybridized carbons (Fsp3) is 0.333. The first-order valence-corrected chi connectivity index (χ1v) is 13.7. The van der Waals surface area contributed by atoms with Crippen molar-refractivity contribution in [3.05, 3.63) is 84.9 Å². The minimum Gasteiger partial charge on any atom is -0.279 e. The van der Waals surface area contributed by atoms with Gasteiger partial charge >= 0.3 is 0 Å². The van der Waals surface area contributed by atoms with E-state index in [9.17, 15) is 0 Å². The molecule has 33 heavy (non-hydrogen) atoms. The molecule has 0 bridgehead atoms. The van der Waals surface area contributed by atoms with Crippen LogP contribution in [0.5, 0.6) is 0 Å². The van der Waals surface area contributed by atoms with Crippen LogP contribution in [-0.2, 0) is 0 Å². The molecule has 172 valence electrons. The predicted octanol–water partition coefficient (Wildman–Crippen LogP) is 9.31. The van der Waals surface area contributed by atoms with Gasteiger partial charge in [0.25, 0.3) is 0 Å². The molecule has 0 saturated heterocycles. The Morgan fingerprint density at radius 2 is 1.00 bits per heavy atom. The van der Waals surface area contributed by atoms with Crippen molar-refractivity contribution < 1.29 is 0 Å². The van der Waals surface area contributed by atoms with Gasteiger partial charge in [0.1, 0.15) is 0 Å². The standard InChI is InChI=1S/C30H35NS2/c1-29(2,3)20-30(4,5)31(21-32-27-16-14-23-10-6-8-12-25(23)18-27)22-33-28-17-15-24-11-7-9-13-26(24)19-28/h6-19H,20-22H2,1-5H3. The van der Waals surface area contributed by atoms with Gasteiger partial charge in [-0.2, -0.15) is 0 Å². The summed E-state index contributed by atoms with van der Waals surface area (Å²) >= 11 is 3.89. The normalized spacial score (nSPS) is 12.7. The van der Waals surface area contributed by atoms with Crippen molar-refractivity contribution in [1.82, 2.24) is 4.90 Å². The van der Waals surface area contributed by atoms with E-state index in [0.29, 0.717) is 0 Å². The average molecular weight is 474 g/mol. The van der Waals surface area contributed by atoms with E-state index in [4.69, 9.17) is 0 Å². The predicted molar refractivity (Wildman–Crippen MR) is 149 cm³/mol. The summed E-state index contributed by atoms with van der Waals surface area (Å²) in [4.78, 5) is 5.32. The smallest absolute Gasteiger partial charge is 0.0505 e. The number of thioether (sulfide) groups is 2. The molecule has 0 aromatic heterocycles. The monoisotopic (exact) mass is 473 g/mol. The zero-order valence-corrected chi connectivity index (χ0v) is 22.1. The van der Waals surface area contributed by atoms with Crippen LogP contribution in [0.2, 0.25) is 0 Å². The molecule has 0 amide bonds. The Hall–Kier alpha value is -1.94. The van der Waals surface area contributed by atoms with Crippen LogP contribution >= 0.6 is 23.5 Å². The third kappa shape index (κ3) is 6.56. The maximum Gasteiger partial charge on any atom is 0.0505 e. The fourth-order valence-corrected chi connectivity index (χ4v) is 6.97. The van der Waals surface area contributed by atoms with Crippen molar-refractivity contribution in [2.45, 2.75) is 56.4 Å². The van der Waals surface area contributed by atoms with Crippen LogP contribution in [0.3, 0.4) is 0 Å². The van der Waals surface area contributed by atoms with Crippen LogP contribution in [0.4, 0.5) is 0 Å². The summed E-state index contributed by atoms with van der Waals surface area (Å²) in [7, 11) is 0. The summed E-state index contributed by atoms with van der Waals surface area (Å²) in [6.45, 7) is 11.8. The molecule has 0 aliphatic carbocycles. The highest BCUT2D eigenvalue weighted by atomic mass is 32.2. The Labute approximate surface area is 208 Å². The van der Waals surface area contributed by atoms with Crippen LogP contribution in [0, 0.1) is 5.41 Å². The Bertz CT molecular complexity index is 1140. The molecule has 0 heterocycles. The lowest BCUT2D eigenvalue weighted by Crippen LogP contribution is -2.45. The molecule has 0 saturated carbocycles. The number of nitrogens with zero attached hydrogens (tertiary/aromatic N) is 1. The third-order valence-corrected chi connectivity index (χ3v) is 8.09. The molecule has 0 atom stereocenters. The van der Waals surface area contributed by atoms with Gasteiger partial charge in [0.05, 0.1) is 11.8 Å². The van der Waals surface area contributed by atoms with E-state index in [0.717, 1.165) is 18.2 Å². The number of benzene rings is 4. The summed E-state index contributed by atoms with van der Waals surface area (Å²) in [6, 6.07) is 30.9. The minimum atomic E-state index is 0.103. The molecule has 0 N–H and O–H groups in total. The van der Waals surface area contributed by atoms with E-state index in [-0.39, 0.29) is 11.0 Å². The molecule has 4 rings (SSSR count). The van der Waals surface area contributed by atoms with Crippen LogP contribution in [0.25, 0.3) is 21.5 Å². The van der Waals surface area contributed by atoms with Crippen LogP contribution in [0.15, 0.2) is 94.7 Å². The van der Waals surface area contributed by atoms with Crippen molar-refractivity contribution in [1.29, 1.82) is 0 Å². The molecule has 0 fully saturated rings.